The van der Waals surface area contributed by atoms with Crippen LogP contribution in [0.1, 0.15) is 66.4 Å². The smallest absolute Gasteiger partial charge is 0.125 e. The minimum Gasteiger partial charge on any atom is -0.508 e. The van der Waals surface area contributed by atoms with Crippen LogP contribution in [0.25, 0.3) is 5.57 Å². The fraction of sp³-hybridized carbons (Fsp3) is 0.542. The van der Waals surface area contributed by atoms with Crippen molar-refractivity contribution in [3.8, 4) is 5.75 Å². The molecule has 2 aliphatic heterocycles. The normalized spacial score (nSPS) is 30.8. The molecule has 1 saturated heterocycles. The maximum atomic E-state index is 15.8. The second-order valence-electron chi connectivity index (χ2n) is 9.14. The third-order valence-corrected chi connectivity index (χ3v) is 7.37. The van der Waals surface area contributed by atoms with E-state index in [0.717, 1.165) is 67.0 Å². The molecule has 1 aromatic heterocycles. The van der Waals surface area contributed by atoms with Crippen molar-refractivity contribution in [2.24, 2.45) is 5.92 Å². The highest BCUT2D eigenvalue weighted by molar-refractivity contribution is 5.63. The van der Waals surface area contributed by atoms with Crippen LogP contribution in [-0.4, -0.2) is 40.4 Å². The van der Waals surface area contributed by atoms with Gasteiger partial charge in [0.2, 0.25) is 0 Å². The van der Waals surface area contributed by atoms with Crippen molar-refractivity contribution in [2.45, 2.75) is 63.7 Å². The van der Waals surface area contributed by atoms with Crippen LogP contribution >= 0.6 is 0 Å². The molecule has 2 fully saturated rings. The number of aromatic amines is 1. The second-order valence-corrected chi connectivity index (χ2v) is 9.14. The lowest BCUT2D eigenvalue weighted by atomic mass is 9.71. The largest absolute Gasteiger partial charge is 0.508 e. The summed E-state index contributed by atoms with van der Waals surface area (Å²) >= 11 is 0. The van der Waals surface area contributed by atoms with E-state index in [1.807, 2.05) is 25.3 Å². The van der Waals surface area contributed by atoms with Crippen LogP contribution in [-0.2, 0) is 6.42 Å². The Morgan fingerprint density at radius 2 is 2.10 bits per heavy atom. The zero-order valence-electron chi connectivity index (χ0n) is 18.2. The Labute approximate surface area is 182 Å². The van der Waals surface area contributed by atoms with Gasteiger partial charge in [0, 0.05) is 18.4 Å². The van der Waals surface area contributed by atoms with Crippen molar-refractivity contribution in [1.82, 2.24) is 26.1 Å². The number of benzene rings is 1. The molecule has 3 aliphatic rings. The number of halogens is 1. The van der Waals surface area contributed by atoms with Crippen LogP contribution in [0.2, 0.25) is 0 Å². The summed E-state index contributed by atoms with van der Waals surface area (Å²) in [6, 6.07) is 3.52. The van der Waals surface area contributed by atoms with Crippen molar-refractivity contribution in [1.29, 1.82) is 0 Å². The average molecular weight is 426 g/mol. The fourth-order valence-electron chi connectivity index (χ4n) is 5.59. The second kappa shape index (κ2) is 8.37. The van der Waals surface area contributed by atoms with Crippen molar-refractivity contribution in [2.75, 3.05) is 13.1 Å². The molecule has 1 aromatic carbocycles. The van der Waals surface area contributed by atoms with Crippen LogP contribution in [0.3, 0.4) is 0 Å². The quantitative estimate of drug-likeness (QED) is 0.518. The van der Waals surface area contributed by atoms with Gasteiger partial charge in [-0.05, 0) is 67.5 Å². The SMILES string of the molecule is CCc1cc(O)c(C)cc1C1CCC2C(c3ncc(C4=CCNCC4)[nH]3)NNC2C1F. The van der Waals surface area contributed by atoms with Gasteiger partial charge in [-0.25, -0.2) is 14.8 Å². The number of aromatic nitrogens is 2. The summed E-state index contributed by atoms with van der Waals surface area (Å²) in [6.07, 6.45) is 6.62. The molecule has 5 unspecified atom stereocenters. The Bertz CT molecular complexity index is 986. The van der Waals surface area contributed by atoms with Crippen LogP contribution in [0.15, 0.2) is 24.4 Å². The van der Waals surface area contributed by atoms with E-state index in [-0.39, 0.29) is 23.9 Å². The molecule has 2 aromatic rings. The molecule has 0 bridgehead atoms. The number of H-pyrrole nitrogens is 1. The Morgan fingerprint density at radius 3 is 2.87 bits per heavy atom. The third kappa shape index (κ3) is 3.69. The van der Waals surface area contributed by atoms with Crippen LogP contribution in [0.4, 0.5) is 4.39 Å². The molecule has 0 spiro atoms. The maximum Gasteiger partial charge on any atom is 0.125 e. The molecule has 3 heterocycles. The Kier molecular flexibility index (Phi) is 5.58. The molecule has 166 valence electrons. The molecule has 6 nitrogen and oxygen atoms in total. The van der Waals surface area contributed by atoms with Gasteiger partial charge < -0.3 is 15.4 Å². The molecule has 5 atom stereocenters. The number of rotatable bonds is 4. The number of phenolic OH excluding ortho intramolecular Hbond substituents is 1. The molecule has 7 heteroatoms. The number of aryl methyl sites for hydroxylation is 2. The number of imidazole rings is 1. The minimum absolute atomic E-state index is 0.0209. The Balaban J connectivity index is 1.35. The third-order valence-electron chi connectivity index (χ3n) is 7.37. The highest BCUT2D eigenvalue weighted by Gasteiger charge is 2.48. The first-order chi connectivity index (χ1) is 15.1. The zero-order chi connectivity index (χ0) is 21.5. The first kappa shape index (κ1) is 20.7. The molecule has 1 aliphatic carbocycles. The van der Waals surface area contributed by atoms with E-state index in [2.05, 4.69) is 39.1 Å². The molecular formula is C24H32FN5O. The number of nitrogens with zero attached hydrogens (tertiary/aromatic N) is 1. The summed E-state index contributed by atoms with van der Waals surface area (Å²) in [5.74, 6) is 1.17. The number of nitrogens with one attached hydrogen (secondary N) is 4. The van der Waals surface area contributed by atoms with Gasteiger partial charge in [-0.1, -0.05) is 19.1 Å². The monoisotopic (exact) mass is 425 g/mol. The van der Waals surface area contributed by atoms with Crippen LogP contribution < -0.4 is 16.2 Å². The Hall–Kier alpha value is -2.22. The van der Waals surface area contributed by atoms with Crippen molar-refractivity contribution < 1.29 is 9.50 Å². The summed E-state index contributed by atoms with van der Waals surface area (Å²) in [4.78, 5) is 8.13. The van der Waals surface area contributed by atoms with E-state index < -0.39 is 6.17 Å². The van der Waals surface area contributed by atoms with Gasteiger partial charge in [-0.15, -0.1) is 0 Å². The molecule has 5 rings (SSSR count). The molecule has 0 amide bonds. The van der Waals surface area contributed by atoms with Crippen molar-refractivity contribution in [3.05, 3.63) is 52.6 Å². The summed E-state index contributed by atoms with van der Waals surface area (Å²) in [5.41, 5.74) is 11.8. The van der Waals surface area contributed by atoms with E-state index in [1.165, 1.54) is 5.57 Å². The predicted molar refractivity (Wildman–Crippen MR) is 119 cm³/mol. The average Bonchev–Trinajstić information content (AvgIpc) is 3.44. The predicted octanol–water partition coefficient (Wildman–Crippen LogP) is 3.41. The zero-order valence-corrected chi connectivity index (χ0v) is 18.2. The number of hydrazine groups is 1. The van der Waals surface area contributed by atoms with E-state index >= 15 is 4.39 Å². The van der Waals surface area contributed by atoms with E-state index in [4.69, 9.17) is 0 Å². The number of phenols is 1. The number of hydrogen-bond acceptors (Lipinski definition) is 5. The molecule has 0 radical (unpaired) electrons. The summed E-state index contributed by atoms with van der Waals surface area (Å²) in [5, 5.41) is 13.4. The maximum absolute atomic E-state index is 15.8. The number of alkyl halides is 1. The minimum atomic E-state index is -0.993. The van der Waals surface area contributed by atoms with E-state index in [0.29, 0.717) is 5.75 Å². The molecule has 1 saturated carbocycles. The lowest BCUT2D eigenvalue weighted by molar-refractivity contribution is 0.135. The standard InChI is InChI=1S/C24H32FN5O/c1-3-14-11-20(31)13(2)10-18(14)16-4-5-17-22(21(16)25)29-30-23(17)24-27-12-19(28-24)15-6-8-26-9-7-15/h6,10-12,16-17,21-23,26,29-31H,3-5,7-9H2,1-2H3,(H,27,28). The van der Waals surface area contributed by atoms with Crippen molar-refractivity contribution >= 4 is 5.57 Å². The lowest BCUT2D eigenvalue weighted by Crippen LogP contribution is -2.45. The highest BCUT2D eigenvalue weighted by atomic mass is 19.1. The van der Waals surface area contributed by atoms with Gasteiger partial charge in [0.25, 0.3) is 0 Å². The number of aromatic hydroxyl groups is 1. The number of fused-ring (bicyclic) bond motifs is 1. The lowest BCUT2D eigenvalue weighted by Gasteiger charge is -2.37. The molecular weight excluding hydrogens is 393 g/mol. The van der Waals surface area contributed by atoms with Gasteiger partial charge in [0.15, 0.2) is 0 Å². The fourth-order valence-corrected chi connectivity index (χ4v) is 5.59. The Morgan fingerprint density at radius 1 is 1.23 bits per heavy atom. The first-order valence-corrected chi connectivity index (χ1v) is 11.5. The van der Waals surface area contributed by atoms with Gasteiger partial charge in [-0.3, -0.25) is 5.43 Å². The first-order valence-electron chi connectivity index (χ1n) is 11.5. The van der Waals surface area contributed by atoms with E-state index in [9.17, 15) is 5.11 Å². The van der Waals surface area contributed by atoms with Gasteiger partial charge in [0.1, 0.15) is 17.7 Å². The summed E-state index contributed by atoms with van der Waals surface area (Å²) in [7, 11) is 0. The molecule has 5 N–H and O–H groups in total. The number of hydrogen-bond donors (Lipinski definition) is 5. The van der Waals surface area contributed by atoms with E-state index in [1.54, 1.807) is 0 Å². The van der Waals surface area contributed by atoms with Crippen LogP contribution in [0.5, 0.6) is 5.75 Å². The summed E-state index contributed by atoms with van der Waals surface area (Å²) < 4.78 is 15.8. The van der Waals surface area contributed by atoms with Gasteiger partial charge >= 0.3 is 0 Å². The van der Waals surface area contributed by atoms with Gasteiger partial charge in [-0.2, -0.15) is 0 Å². The van der Waals surface area contributed by atoms with Crippen molar-refractivity contribution in [3.63, 3.8) is 0 Å². The molecule has 31 heavy (non-hydrogen) atoms. The van der Waals surface area contributed by atoms with Crippen LogP contribution in [0, 0.1) is 12.8 Å². The van der Waals surface area contributed by atoms with Gasteiger partial charge in [0.05, 0.1) is 24.0 Å². The highest BCUT2D eigenvalue weighted by Crippen LogP contribution is 2.46. The topological polar surface area (TPSA) is 85.0 Å². The summed E-state index contributed by atoms with van der Waals surface area (Å²) in [6.45, 7) is 5.81.